The molecule has 0 saturated heterocycles. The van der Waals surface area contributed by atoms with Crippen LogP contribution in [-0.4, -0.2) is 12.6 Å². The number of rotatable bonds is 2. The first-order valence-electron chi connectivity index (χ1n) is 4.45. The zero-order valence-corrected chi connectivity index (χ0v) is 8.27. The van der Waals surface area contributed by atoms with Gasteiger partial charge in [-0.1, -0.05) is 12.1 Å². The fourth-order valence-corrected chi connectivity index (χ4v) is 1.12. The van der Waals surface area contributed by atoms with Crippen LogP contribution in [0.4, 0.5) is 23.7 Å². The summed E-state index contributed by atoms with van der Waals surface area (Å²) in [5.74, 6) is 0. The second kappa shape index (κ2) is 4.87. The van der Waals surface area contributed by atoms with Gasteiger partial charge in [-0.15, -0.1) is 0 Å². The number of urea groups is 1. The first-order chi connectivity index (χ1) is 7.45. The summed E-state index contributed by atoms with van der Waals surface area (Å²) in [7, 11) is 0. The van der Waals surface area contributed by atoms with Gasteiger partial charge < -0.3 is 10.6 Å². The number of carbonyl (C=O) groups is 1. The number of hydrogen-bond donors (Lipinski definition) is 2. The van der Waals surface area contributed by atoms with Crippen LogP contribution in [0.5, 0.6) is 0 Å². The third-order valence-corrected chi connectivity index (χ3v) is 1.77. The van der Waals surface area contributed by atoms with Crippen molar-refractivity contribution in [2.75, 3.05) is 11.9 Å². The molecule has 2 amide bonds. The molecule has 0 saturated carbocycles. The maximum Gasteiger partial charge on any atom is 0.418 e. The predicted octanol–water partition coefficient (Wildman–Crippen LogP) is 2.66. The molecule has 1 aromatic carbocycles. The molecule has 0 bridgehead atoms. The van der Waals surface area contributed by atoms with Crippen molar-refractivity contribution < 1.29 is 18.0 Å². The van der Waals surface area contributed by atoms with E-state index >= 15 is 0 Å². The second-order valence-electron chi connectivity index (χ2n) is 2.92. The van der Waals surface area contributed by atoms with Gasteiger partial charge in [-0.3, -0.25) is 0 Å². The monoisotopic (exact) mass is 231 g/mol. The van der Waals surface area contributed by atoms with Crippen LogP contribution in [0.15, 0.2) is 24.3 Å². The van der Waals surface area contributed by atoms with Crippen molar-refractivity contribution in [3.63, 3.8) is 0 Å². The minimum atomic E-state index is -4.49. The summed E-state index contributed by atoms with van der Waals surface area (Å²) in [5.41, 5.74) is -1.16. The standard InChI is InChI=1S/C10H10F3N2O/c1-2-14-9(16)15-8-6-4-3-5-7(8)10(11,12)13/h3-6H,1-2H2,(H2,14,15,16). The summed E-state index contributed by atoms with van der Waals surface area (Å²) in [4.78, 5) is 11.1. The summed E-state index contributed by atoms with van der Waals surface area (Å²) in [6.07, 6.45) is -4.49. The van der Waals surface area contributed by atoms with Crippen LogP contribution in [0, 0.1) is 6.92 Å². The van der Waals surface area contributed by atoms with E-state index < -0.39 is 17.8 Å². The highest BCUT2D eigenvalue weighted by Crippen LogP contribution is 2.34. The van der Waals surface area contributed by atoms with E-state index in [2.05, 4.69) is 17.6 Å². The van der Waals surface area contributed by atoms with E-state index in [1.807, 2.05) is 0 Å². The summed E-state index contributed by atoms with van der Waals surface area (Å²) in [5, 5.41) is 4.35. The third-order valence-electron chi connectivity index (χ3n) is 1.77. The molecule has 16 heavy (non-hydrogen) atoms. The lowest BCUT2D eigenvalue weighted by molar-refractivity contribution is -0.136. The van der Waals surface area contributed by atoms with Crippen molar-refractivity contribution in [3.05, 3.63) is 36.8 Å². The Morgan fingerprint density at radius 2 is 1.94 bits per heavy atom. The lowest BCUT2D eigenvalue weighted by atomic mass is 10.1. The second-order valence-corrected chi connectivity index (χ2v) is 2.92. The molecule has 2 N–H and O–H groups in total. The van der Waals surface area contributed by atoms with Gasteiger partial charge in [0.05, 0.1) is 11.3 Å². The SMILES string of the molecule is [CH2]CNC(=O)Nc1ccccc1C(F)(F)F. The van der Waals surface area contributed by atoms with Crippen molar-refractivity contribution in [1.82, 2.24) is 5.32 Å². The van der Waals surface area contributed by atoms with Crippen molar-refractivity contribution >= 4 is 11.7 Å². The normalized spacial score (nSPS) is 11.0. The summed E-state index contributed by atoms with van der Waals surface area (Å²) in [6, 6.07) is 4.04. The molecule has 0 spiro atoms. The van der Waals surface area contributed by atoms with Gasteiger partial charge in [0, 0.05) is 6.54 Å². The van der Waals surface area contributed by atoms with Crippen LogP contribution in [0.2, 0.25) is 0 Å². The number of nitrogens with one attached hydrogen (secondary N) is 2. The molecule has 0 aliphatic heterocycles. The van der Waals surface area contributed by atoms with E-state index in [-0.39, 0.29) is 12.2 Å². The molecule has 0 heterocycles. The number of anilines is 1. The molecule has 0 aromatic heterocycles. The molecule has 87 valence electrons. The number of benzene rings is 1. The molecule has 0 aliphatic carbocycles. The van der Waals surface area contributed by atoms with E-state index in [9.17, 15) is 18.0 Å². The van der Waals surface area contributed by atoms with Crippen molar-refractivity contribution in [2.24, 2.45) is 0 Å². The summed E-state index contributed by atoms with van der Waals surface area (Å²) >= 11 is 0. The van der Waals surface area contributed by atoms with Crippen LogP contribution in [0.25, 0.3) is 0 Å². The minimum Gasteiger partial charge on any atom is -0.338 e. The van der Waals surface area contributed by atoms with Gasteiger partial charge in [-0.25, -0.2) is 4.79 Å². The molecule has 0 aliphatic rings. The lowest BCUT2D eigenvalue weighted by Gasteiger charge is -2.13. The van der Waals surface area contributed by atoms with Gasteiger partial charge in [0.25, 0.3) is 0 Å². The van der Waals surface area contributed by atoms with Gasteiger partial charge in [0.15, 0.2) is 0 Å². The number of carbonyl (C=O) groups excluding carboxylic acids is 1. The van der Waals surface area contributed by atoms with Crippen LogP contribution in [0.1, 0.15) is 5.56 Å². The van der Waals surface area contributed by atoms with Gasteiger partial charge in [0.2, 0.25) is 0 Å². The highest BCUT2D eigenvalue weighted by atomic mass is 19.4. The van der Waals surface area contributed by atoms with E-state index in [4.69, 9.17) is 0 Å². The minimum absolute atomic E-state index is 0.0972. The molecular weight excluding hydrogens is 221 g/mol. The van der Waals surface area contributed by atoms with Crippen molar-refractivity contribution in [3.8, 4) is 0 Å². The Hall–Kier alpha value is -1.72. The Morgan fingerprint density at radius 3 is 2.50 bits per heavy atom. The zero-order chi connectivity index (χ0) is 12.2. The number of alkyl halides is 3. The van der Waals surface area contributed by atoms with Gasteiger partial charge in [-0.05, 0) is 19.1 Å². The van der Waals surface area contributed by atoms with E-state index in [1.54, 1.807) is 0 Å². The molecule has 1 rings (SSSR count). The maximum atomic E-state index is 12.5. The first-order valence-corrected chi connectivity index (χ1v) is 4.45. The maximum absolute atomic E-state index is 12.5. The molecule has 3 nitrogen and oxygen atoms in total. The Morgan fingerprint density at radius 1 is 1.31 bits per heavy atom. The van der Waals surface area contributed by atoms with E-state index in [1.165, 1.54) is 18.2 Å². The highest BCUT2D eigenvalue weighted by Gasteiger charge is 2.33. The Labute approximate surface area is 90.6 Å². The number of hydrogen-bond acceptors (Lipinski definition) is 1. The van der Waals surface area contributed by atoms with Crippen LogP contribution in [0.3, 0.4) is 0 Å². The third kappa shape index (κ3) is 3.15. The smallest absolute Gasteiger partial charge is 0.338 e. The van der Waals surface area contributed by atoms with Crippen molar-refractivity contribution in [2.45, 2.75) is 6.18 Å². The molecule has 1 aromatic rings. The van der Waals surface area contributed by atoms with Crippen LogP contribution >= 0.6 is 0 Å². The molecule has 0 fully saturated rings. The van der Waals surface area contributed by atoms with E-state index in [0.29, 0.717) is 0 Å². The fraction of sp³-hybridized carbons (Fsp3) is 0.200. The zero-order valence-electron chi connectivity index (χ0n) is 8.27. The predicted molar refractivity (Wildman–Crippen MR) is 53.8 cm³/mol. The number of amides is 2. The molecular formula is C10H10F3N2O. The topological polar surface area (TPSA) is 41.1 Å². The van der Waals surface area contributed by atoms with Gasteiger partial charge >= 0.3 is 12.2 Å². The lowest BCUT2D eigenvalue weighted by Crippen LogP contribution is -2.29. The van der Waals surface area contributed by atoms with Crippen molar-refractivity contribution in [1.29, 1.82) is 0 Å². The highest BCUT2D eigenvalue weighted by molar-refractivity contribution is 5.90. The summed E-state index contributed by atoms with van der Waals surface area (Å²) < 4.78 is 37.5. The average molecular weight is 231 g/mol. The fourth-order valence-electron chi connectivity index (χ4n) is 1.12. The quantitative estimate of drug-likeness (QED) is 0.807. The molecule has 1 radical (unpaired) electrons. The Bertz CT molecular complexity index is 377. The van der Waals surface area contributed by atoms with Crippen LogP contribution < -0.4 is 10.6 Å². The molecule has 0 atom stereocenters. The molecule has 0 unspecified atom stereocenters. The summed E-state index contributed by atoms with van der Waals surface area (Å²) in [6.45, 7) is 3.44. The first kappa shape index (κ1) is 12.4. The largest absolute Gasteiger partial charge is 0.418 e. The Balaban J connectivity index is 2.92. The van der Waals surface area contributed by atoms with E-state index in [0.717, 1.165) is 6.07 Å². The van der Waals surface area contributed by atoms with Gasteiger partial charge in [0.1, 0.15) is 0 Å². The number of halogens is 3. The number of para-hydroxylation sites is 1. The average Bonchev–Trinajstić information content (AvgIpc) is 2.17. The molecule has 6 heteroatoms. The van der Waals surface area contributed by atoms with Gasteiger partial charge in [-0.2, -0.15) is 13.2 Å². The van der Waals surface area contributed by atoms with Crippen LogP contribution in [-0.2, 0) is 6.18 Å². The Kier molecular flexibility index (Phi) is 3.76.